The molecule has 1 saturated heterocycles. The van der Waals surface area contributed by atoms with Gasteiger partial charge >= 0.3 is 0 Å². The minimum atomic E-state index is -0.686. The molecule has 4 amide bonds. The Morgan fingerprint density at radius 2 is 2.07 bits per heavy atom. The van der Waals surface area contributed by atoms with Crippen LogP contribution in [0.25, 0.3) is 0 Å². The molecule has 8 heteroatoms. The molecule has 3 rings (SSSR count). The first-order chi connectivity index (χ1) is 12.8. The maximum Gasteiger partial charge on any atom is 0.255 e. The molecule has 0 aliphatic carbocycles. The summed E-state index contributed by atoms with van der Waals surface area (Å²) in [6.07, 6.45) is 1.05. The van der Waals surface area contributed by atoms with Crippen LogP contribution in [0.3, 0.4) is 0 Å². The SMILES string of the molecule is CC(C)CC(N)C(=O)Nc1cccc2c1CN(C1CCC(=O)NC1=O)C2=O. The zero-order valence-electron chi connectivity index (χ0n) is 15.5. The average molecular weight is 372 g/mol. The Kier molecular flexibility index (Phi) is 5.27. The number of imide groups is 1. The van der Waals surface area contributed by atoms with E-state index < -0.39 is 18.0 Å². The number of hydrogen-bond donors (Lipinski definition) is 3. The van der Waals surface area contributed by atoms with Crippen LogP contribution in [0.1, 0.15) is 49.0 Å². The Balaban J connectivity index is 1.79. The summed E-state index contributed by atoms with van der Waals surface area (Å²) >= 11 is 0. The zero-order valence-corrected chi connectivity index (χ0v) is 15.5. The van der Waals surface area contributed by atoms with Crippen LogP contribution in [0.15, 0.2) is 18.2 Å². The Bertz CT molecular complexity index is 805. The highest BCUT2D eigenvalue weighted by atomic mass is 16.2. The molecule has 1 fully saturated rings. The number of piperidine rings is 1. The second-order valence-electron chi connectivity index (χ2n) is 7.46. The van der Waals surface area contributed by atoms with Crippen LogP contribution in [0.4, 0.5) is 5.69 Å². The predicted octanol–water partition coefficient (Wildman–Crippen LogP) is 0.760. The molecule has 2 unspecified atom stereocenters. The number of carbonyl (C=O) groups is 4. The minimum Gasteiger partial charge on any atom is -0.324 e. The van der Waals surface area contributed by atoms with Crippen LogP contribution >= 0.6 is 0 Å². The van der Waals surface area contributed by atoms with E-state index in [-0.39, 0.29) is 36.6 Å². The van der Waals surface area contributed by atoms with Crippen LogP contribution in [-0.2, 0) is 20.9 Å². The molecule has 1 aromatic carbocycles. The summed E-state index contributed by atoms with van der Waals surface area (Å²) in [6, 6.07) is 3.76. The Labute approximate surface area is 157 Å². The van der Waals surface area contributed by atoms with E-state index in [1.165, 1.54) is 4.90 Å². The van der Waals surface area contributed by atoms with Gasteiger partial charge in [0.2, 0.25) is 17.7 Å². The first-order valence-corrected chi connectivity index (χ1v) is 9.11. The van der Waals surface area contributed by atoms with Crippen molar-refractivity contribution in [2.75, 3.05) is 5.32 Å². The fourth-order valence-corrected chi connectivity index (χ4v) is 3.54. The minimum absolute atomic E-state index is 0.199. The van der Waals surface area contributed by atoms with Gasteiger partial charge in [0.1, 0.15) is 6.04 Å². The third kappa shape index (κ3) is 3.85. The Hall–Kier alpha value is -2.74. The van der Waals surface area contributed by atoms with E-state index in [2.05, 4.69) is 10.6 Å². The fourth-order valence-electron chi connectivity index (χ4n) is 3.54. The van der Waals surface area contributed by atoms with Crippen molar-refractivity contribution >= 4 is 29.3 Å². The van der Waals surface area contributed by atoms with Crippen molar-refractivity contribution in [1.82, 2.24) is 10.2 Å². The highest BCUT2D eigenvalue weighted by Gasteiger charge is 2.40. The van der Waals surface area contributed by atoms with Crippen LogP contribution in [-0.4, -0.2) is 40.6 Å². The maximum atomic E-state index is 12.8. The third-order valence-electron chi connectivity index (χ3n) is 4.90. The van der Waals surface area contributed by atoms with E-state index in [9.17, 15) is 19.2 Å². The first-order valence-electron chi connectivity index (χ1n) is 9.11. The maximum absolute atomic E-state index is 12.8. The number of nitrogens with zero attached hydrogens (tertiary/aromatic N) is 1. The molecule has 1 aromatic rings. The molecule has 0 bridgehead atoms. The van der Waals surface area contributed by atoms with Gasteiger partial charge in [-0.3, -0.25) is 24.5 Å². The number of nitrogens with one attached hydrogen (secondary N) is 2. The molecule has 2 aliphatic rings. The van der Waals surface area contributed by atoms with Gasteiger partial charge in [-0.2, -0.15) is 0 Å². The van der Waals surface area contributed by atoms with Gasteiger partial charge in [-0.05, 0) is 30.9 Å². The molecular weight excluding hydrogens is 348 g/mol. The first kappa shape index (κ1) is 19.0. The lowest BCUT2D eigenvalue weighted by atomic mass is 10.0. The number of fused-ring (bicyclic) bond motifs is 1. The number of anilines is 1. The van der Waals surface area contributed by atoms with E-state index in [0.717, 1.165) is 0 Å². The summed E-state index contributed by atoms with van der Waals surface area (Å²) in [4.78, 5) is 50.1. The van der Waals surface area contributed by atoms with Crippen molar-refractivity contribution in [2.45, 2.75) is 51.7 Å². The monoisotopic (exact) mass is 372 g/mol. The summed E-state index contributed by atoms with van der Waals surface area (Å²) in [5.41, 5.74) is 7.59. The molecule has 2 aliphatic heterocycles. The number of carbonyl (C=O) groups excluding carboxylic acids is 4. The standard InChI is InChI=1S/C19H24N4O4/c1-10(2)8-13(20)17(25)21-14-5-3-4-11-12(14)9-23(19(11)27)15-6-7-16(24)22-18(15)26/h3-5,10,13,15H,6-9,20H2,1-2H3,(H,21,25)(H,22,24,26). The van der Waals surface area contributed by atoms with E-state index >= 15 is 0 Å². The summed E-state index contributed by atoms with van der Waals surface area (Å²) in [6.45, 7) is 4.18. The van der Waals surface area contributed by atoms with Crippen molar-refractivity contribution in [3.63, 3.8) is 0 Å². The van der Waals surface area contributed by atoms with Crippen molar-refractivity contribution in [3.05, 3.63) is 29.3 Å². The highest BCUT2D eigenvalue weighted by molar-refractivity contribution is 6.07. The van der Waals surface area contributed by atoms with Gasteiger partial charge in [-0.15, -0.1) is 0 Å². The predicted molar refractivity (Wildman–Crippen MR) is 98.5 cm³/mol. The highest BCUT2D eigenvalue weighted by Crippen LogP contribution is 2.32. The van der Waals surface area contributed by atoms with Crippen molar-refractivity contribution in [3.8, 4) is 0 Å². The number of rotatable bonds is 5. The van der Waals surface area contributed by atoms with E-state index in [4.69, 9.17) is 5.73 Å². The lowest BCUT2D eigenvalue weighted by Crippen LogP contribution is -2.52. The molecule has 0 saturated carbocycles. The second kappa shape index (κ2) is 7.48. The molecule has 144 valence electrons. The average Bonchev–Trinajstić information content (AvgIpc) is 2.92. The lowest BCUT2D eigenvalue weighted by molar-refractivity contribution is -0.137. The Morgan fingerprint density at radius 1 is 1.33 bits per heavy atom. The quantitative estimate of drug-likeness (QED) is 0.659. The second-order valence-corrected chi connectivity index (χ2v) is 7.46. The number of hydrogen-bond acceptors (Lipinski definition) is 5. The van der Waals surface area contributed by atoms with E-state index in [1.54, 1.807) is 18.2 Å². The van der Waals surface area contributed by atoms with Crippen LogP contribution in [0.5, 0.6) is 0 Å². The van der Waals surface area contributed by atoms with Gasteiger partial charge in [0.05, 0.1) is 6.04 Å². The molecule has 0 radical (unpaired) electrons. The van der Waals surface area contributed by atoms with Gasteiger partial charge in [0.15, 0.2) is 0 Å². The summed E-state index contributed by atoms with van der Waals surface area (Å²) in [7, 11) is 0. The van der Waals surface area contributed by atoms with Gasteiger partial charge in [0, 0.05) is 29.8 Å². The number of amides is 4. The molecular formula is C19H24N4O4. The van der Waals surface area contributed by atoms with Crippen LogP contribution < -0.4 is 16.4 Å². The number of nitrogens with two attached hydrogens (primary N) is 1. The van der Waals surface area contributed by atoms with Crippen molar-refractivity contribution < 1.29 is 19.2 Å². The van der Waals surface area contributed by atoms with Gasteiger partial charge in [-0.1, -0.05) is 19.9 Å². The fraction of sp³-hybridized carbons (Fsp3) is 0.474. The van der Waals surface area contributed by atoms with Gasteiger partial charge in [-0.25, -0.2) is 0 Å². The van der Waals surface area contributed by atoms with Crippen LogP contribution in [0.2, 0.25) is 0 Å². The van der Waals surface area contributed by atoms with Gasteiger partial charge in [0.25, 0.3) is 5.91 Å². The Morgan fingerprint density at radius 3 is 2.74 bits per heavy atom. The summed E-state index contributed by atoms with van der Waals surface area (Å²) < 4.78 is 0. The lowest BCUT2D eigenvalue weighted by Gasteiger charge is -2.29. The molecule has 2 heterocycles. The topological polar surface area (TPSA) is 122 Å². The van der Waals surface area contributed by atoms with Crippen LogP contribution in [0, 0.1) is 5.92 Å². The number of benzene rings is 1. The summed E-state index contributed by atoms with van der Waals surface area (Å²) in [5, 5.41) is 5.09. The van der Waals surface area contributed by atoms with Gasteiger partial charge < -0.3 is 16.0 Å². The van der Waals surface area contributed by atoms with Crippen molar-refractivity contribution in [1.29, 1.82) is 0 Å². The largest absolute Gasteiger partial charge is 0.324 e. The van der Waals surface area contributed by atoms with E-state index in [1.807, 2.05) is 13.8 Å². The molecule has 8 nitrogen and oxygen atoms in total. The molecule has 27 heavy (non-hydrogen) atoms. The third-order valence-corrected chi connectivity index (χ3v) is 4.90. The molecule has 2 atom stereocenters. The zero-order chi connectivity index (χ0) is 19.7. The molecule has 0 aromatic heterocycles. The van der Waals surface area contributed by atoms with E-state index in [0.29, 0.717) is 29.7 Å². The normalized spacial score (nSPS) is 20.5. The smallest absolute Gasteiger partial charge is 0.255 e. The summed E-state index contributed by atoms with van der Waals surface area (Å²) in [5.74, 6) is -1.08. The van der Waals surface area contributed by atoms with Crippen molar-refractivity contribution in [2.24, 2.45) is 11.7 Å². The molecule has 4 N–H and O–H groups in total. The molecule has 0 spiro atoms.